The van der Waals surface area contributed by atoms with Crippen LogP contribution in [0.2, 0.25) is 0 Å². The largest absolute Gasteiger partial charge is 0.151 e. The zero-order valence-corrected chi connectivity index (χ0v) is 30.7. The van der Waals surface area contributed by atoms with Gasteiger partial charge in [0, 0.05) is 0 Å². The average molecular weight is 631 g/mol. The second kappa shape index (κ2) is 30.4. The summed E-state index contributed by atoms with van der Waals surface area (Å²) >= 11 is 0. The van der Waals surface area contributed by atoms with Crippen molar-refractivity contribution in [3.63, 3.8) is 0 Å². The topological polar surface area (TPSA) is 24.7 Å². The molecule has 0 heterocycles. The summed E-state index contributed by atoms with van der Waals surface area (Å²) < 4.78 is 0. The number of benzene rings is 2. The van der Waals surface area contributed by atoms with Gasteiger partial charge in [0.05, 0.1) is 11.4 Å². The average Bonchev–Trinajstić information content (AvgIpc) is 3.08. The summed E-state index contributed by atoms with van der Waals surface area (Å²) in [6.45, 7) is 4.60. The zero-order valence-electron chi connectivity index (χ0n) is 30.7. The minimum absolute atomic E-state index is 0.941. The first-order valence-corrected chi connectivity index (χ1v) is 20.4. The molecule has 0 bridgehead atoms. The summed E-state index contributed by atoms with van der Waals surface area (Å²) in [5.74, 6) is 0. The van der Waals surface area contributed by atoms with Gasteiger partial charge in [-0.1, -0.05) is 205 Å². The van der Waals surface area contributed by atoms with E-state index in [1.165, 1.54) is 204 Å². The van der Waals surface area contributed by atoms with Crippen molar-refractivity contribution in [2.45, 2.75) is 206 Å². The molecule has 0 aliphatic rings. The quantitative estimate of drug-likeness (QED) is 0.0567. The molecule has 2 heteroatoms. The highest BCUT2D eigenvalue weighted by atomic mass is 15.1. The van der Waals surface area contributed by atoms with Crippen molar-refractivity contribution >= 4 is 11.4 Å². The van der Waals surface area contributed by atoms with Crippen LogP contribution in [0.4, 0.5) is 11.4 Å². The molecule has 0 unspecified atom stereocenters. The molecule has 0 amide bonds. The minimum Gasteiger partial charge on any atom is -0.151 e. The van der Waals surface area contributed by atoms with Crippen LogP contribution in [0, 0.1) is 0 Å². The Morgan fingerprint density at radius 2 is 0.500 bits per heavy atom. The van der Waals surface area contributed by atoms with Crippen LogP contribution in [-0.2, 0) is 12.8 Å². The monoisotopic (exact) mass is 631 g/mol. The molecule has 260 valence electrons. The van der Waals surface area contributed by atoms with Crippen LogP contribution >= 0.6 is 0 Å². The molecule has 0 aromatic heterocycles. The van der Waals surface area contributed by atoms with Gasteiger partial charge in [-0.3, -0.25) is 0 Å². The molecule has 0 aliphatic carbocycles. The lowest BCUT2D eigenvalue weighted by molar-refractivity contribution is 0.535. The summed E-state index contributed by atoms with van der Waals surface area (Å²) in [6.07, 6.45) is 42.0. The van der Waals surface area contributed by atoms with Crippen LogP contribution < -0.4 is 0 Å². The molecule has 2 aromatic carbocycles. The van der Waals surface area contributed by atoms with Crippen molar-refractivity contribution in [3.05, 3.63) is 59.7 Å². The van der Waals surface area contributed by atoms with E-state index in [-0.39, 0.29) is 0 Å². The van der Waals surface area contributed by atoms with Crippen molar-refractivity contribution in [3.8, 4) is 0 Å². The molecule has 0 saturated heterocycles. The number of hydrogen-bond acceptors (Lipinski definition) is 2. The molecule has 2 rings (SSSR count). The molecule has 0 radical (unpaired) electrons. The van der Waals surface area contributed by atoms with E-state index in [0.717, 1.165) is 11.4 Å². The molecule has 0 fully saturated rings. The second-order valence-electron chi connectivity index (χ2n) is 14.2. The van der Waals surface area contributed by atoms with Crippen LogP contribution in [0.1, 0.15) is 205 Å². The number of azo groups is 1. The summed E-state index contributed by atoms with van der Waals surface area (Å²) in [5.41, 5.74) is 4.73. The van der Waals surface area contributed by atoms with Gasteiger partial charge in [0.25, 0.3) is 0 Å². The Balaban J connectivity index is 1.43. The van der Waals surface area contributed by atoms with Gasteiger partial charge < -0.3 is 0 Å². The fourth-order valence-electron chi connectivity index (χ4n) is 6.62. The first kappa shape index (κ1) is 40.2. The van der Waals surface area contributed by atoms with Gasteiger partial charge >= 0.3 is 0 Å². The van der Waals surface area contributed by atoms with Gasteiger partial charge in [-0.15, -0.1) is 0 Å². The van der Waals surface area contributed by atoms with E-state index in [4.69, 9.17) is 0 Å². The molecule has 2 nitrogen and oxygen atoms in total. The maximum Gasteiger partial charge on any atom is 0.0857 e. The smallest absolute Gasteiger partial charge is 0.0857 e. The van der Waals surface area contributed by atoms with E-state index < -0.39 is 0 Å². The molecular weight excluding hydrogens is 556 g/mol. The third-order valence-corrected chi connectivity index (χ3v) is 9.79. The number of rotatable bonds is 32. The fraction of sp³-hybridized carbons (Fsp3) is 0.727. The predicted molar refractivity (Wildman–Crippen MR) is 205 cm³/mol. The van der Waals surface area contributed by atoms with Crippen molar-refractivity contribution in [2.24, 2.45) is 10.2 Å². The Morgan fingerprint density at radius 3 is 0.739 bits per heavy atom. The van der Waals surface area contributed by atoms with E-state index in [0.29, 0.717) is 0 Å². The van der Waals surface area contributed by atoms with Crippen LogP contribution in [0.15, 0.2) is 58.8 Å². The maximum absolute atomic E-state index is 4.49. The van der Waals surface area contributed by atoms with Crippen molar-refractivity contribution in [1.82, 2.24) is 0 Å². The maximum atomic E-state index is 4.49. The van der Waals surface area contributed by atoms with E-state index in [9.17, 15) is 0 Å². The van der Waals surface area contributed by atoms with Gasteiger partial charge in [0.2, 0.25) is 0 Å². The predicted octanol–water partition coefficient (Wildman–Crippen LogP) is 16.1. The molecule has 0 atom stereocenters. The van der Waals surface area contributed by atoms with E-state index >= 15 is 0 Å². The zero-order chi connectivity index (χ0) is 32.6. The van der Waals surface area contributed by atoms with Crippen LogP contribution in [0.3, 0.4) is 0 Å². The molecule has 2 aromatic rings. The van der Waals surface area contributed by atoms with Crippen LogP contribution in [0.25, 0.3) is 0 Å². The SMILES string of the molecule is CCCCCCCCCCCCCCCCc1ccc(N=Nc2ccc(CCCCCCCCCCCCCCCC)cc2)cc1. The Bertz CT molecular complexity index is 852. The van der Waals surface area contributed by atoms with Crippen LogP contribution in [-0.4, -0.2) is 0 Å². The second-order valence-corrected chi connectivity index (χ2v) is 14.2. The third-order valence-electron chi connectivity index (χ3n) is 9.79. The summed E-state index contributed by atoms with van der Waals surface area (Å²) in [5, 5.41) is 8.98. The lowest BCUT2D eigenvalue weighted by Gasteiger charge is -2.04. The van der Waals surface area contributed by atoms with E-state index in [1.54, 1.807) is 0 Å². The third kappa shape index (κ3) is 23.4. The molecular formula is C44H74N2. The van der Waals surface area contributed by atoms with Gasteiger partial charge in [0.1, 0.15) is 0 Å². The molecule has 0 N–H and O–H groups in total. The summed E-state index contributed by atoms with van der Waals surface area (Å²) in [4.78, 5) is 0. The highest BCUT2D eigenvalue weighted by molar-refractivity contribution is 5.42. The van der Waals surface area contributed by atoms with E-state index in [2.05, 4.69) is 72.6 Å². The first-order chi connectivity index (χ1) is 22.8. The number of unbranched alkanes of at least 4 members (excludes halogenated alkanes) is 26. The Labute approximate surface area is 287 Å². The highest BCUT2D eigenvalue weighted by Crippen LogP contribution is 2.21. The number of nitrogens with zero attached hydrogens (tertiary/aromatic N) is 2. The molecule has 0 aliphatic heterocycles. The Kier molecular flexibility index (Phi) is 26.6. The van der Waals surface area contributed by atoms with Crippen molar-refractivity contribution in [1.29, 1.82) is 0 Å². The van der Waals surface area contributed by atoms with Crippen LogP contribution in [0.5, 0.6) is 0 Å². The Morgan fingerprint density at radius 1 is 0.283 bits per heavy atom. The molecule has 0 spiro atoms. The van der Waals surface area contributed by atoms with Gasteiger partial charge in [-0.05, 0) is 61.1 Å². The normalized spacial score (nSPS) is 11.6. The van der Waals surface area contributed by atoms with Crippen molar-refractivity contribution in [2.75, 3.05) is 0 Å². The highest BCUT2D eigenvalue weighted by Gasteiger charge is 1.99. The van der Waals surface area contributed by atoms with Gasteiger partial charge in [0.15, 0.2) is 0 Å². The van der Waals surface area contributed by atoms with Gasteiger partial charge in [-0.25, -0.2) is 0 Å². The fourth-order valence-corrected chi connectivity index (χ4v) is 6.62. The lowest BCUT2D eigenvalue weighted by Crippen LogP contribution is -1.86. The molecule has 46 heavy (non-hydrogen) atoms. The van der Waals surface area contributed by atoms with Crippen molar-refractivity contribution < 1.29 is 0 Å². The minimum atomic E-state index is 0.941. The number of hydrogen-bond donors (Lipinski definition) is 0. The van der Waals surface area contributed by atoms with E-state index in [1.807, 2.05) is 0 Å². The molecule has 0 saturated carbocycles. The lowest BCUT2D eigenvalue weighted by atomic mass is 10.0. The van der Waals surface area contributed by atoms with Gasteiger partial charge in [-0.2, -0.15) is 10.2 Å². The standard InChI is InChI=1S/C44H74N2/c1-3-5-7-9-11-13-15-17-19-21-23-25-27-29-31-41-33-37-43(38-34-41)45-46-44-39-35-42(36-40-44)32-30-28-26-24-22-20-18-16-14-12-10-8-6-4-2/h33-40H,3-32H2,1-2H3. The summed E-state index contributed by atoms with van der Waals surface area (Å²) in [7, 11) is 0. The summed E-state index contributed by atoms with van der Waals surface area (Å²) in [6, 6.07) is 17.4. The first-order valence-electron chi connectivity index (χ1n) is 20.4. The Hall–Kier alpha value is -1.96. The number of aryl methyl sites for hydroxylation is 2.